The summed E-state index contributed by atoms with van der Waals surface area (Å²) < 4.78 is 7.88. The van der Waals surface area contributed by atoms with Crippen molar-refractivity contribution in [2.75, 3.05) is 0 Å². The van der Waals surface area contributed by atoms with E-state index >= 15 is 0 Å². The van der Waals surface area contributed by atoms with Gasteiger partial charge in [-0.25, -0.2) is 0 Å². The number of hydrogen-bond donors (Lipinski definition) is 2. The van der Waals surface area contributed by atoms with Crippen LogP contribution in [0.15, 0.2) is 0 Å². The molecule has 0 aromatic carbocycles. The fourth-order valence-electron chi connectivity index (χ4n) is 4.17. The predicted octanol–water partition coefficient (Wildman–Crippen LogP) is 7.54. The standard InChI is InChI=1S/2C12H25.BH2O3.Sn.H/c2*1-3-5-7-9-11-12-10-8-6-4-2;2-1(3)4;;/h2*1,3-12H2,2H3;2-3H;;/q;;-1;+1;. The Bertz CT molecular complexity index is 282. The molecule has 0 atom stereocenters. The van der Waals surface area contributed by atoms with E-state index < -0.39 is 27.5 Å². The van der Waals surface area contributed by atoms with Gasteiger partial charge in [-0.3, -0.25) is 0 Å². The summed E-state index contributed by atoms with van der Waals surface area (Å²) >= 11 is -2.20. The molecule has 0 rings (SSSR count). The van der Waals surface area contributed by atoms with Crippen LogP contribution in [-0.4, -0.2) is 37.5 Å². The minimum absolute atomic E-state index is 1.17. The average molecular weight is 519 g/mol. The van der Waals surface area contributed by atoms with Crippen molar-refractivity contribution in [1.82, 2.24) is 0 Å². The summed E-state index contributed by atoms with van der Waals surface area (Å²) in [5.41, 5.74) is 0. The molecule has 0 amide bonds. The first-order valence-electron chi connectivity index (χ1n) is 13.2. The summed E-state index contributed by atoms with van der Waals surface area (Å²) in [7, 11) is -1.53. The van der Waals surface area contributed by atoms with Crippen LogP contribution in [-0.2, 0) is 2.99 Å². The van der Waals surface area contributed by atoms with Crippen LogP contribution in [0.3, 0.4) is 0 Å². The van der Waals surface area contributed by atoms with Crippen molar-refractivity contribution in [3.63, 3.8) is 0 Å². The molecule has 0 fully saturated rings. The second-order valence-electron chi connectivity index (χ2n) is 9.03. The van der Waals surface area contributed by atoms with E-state index in [1.54, 1.807) is 0 Å². The Kier molecular flexibility index (Phi) is 25.6. The molecule has 5 heteroatoms. The van der Waals surface area contributed by atoms with Gasteiger partial charge in [-0.2, -0.15) is 0 Å². The Labute approximate surface area is 191 Å². The topological polar surface area (TPSA) is 49.7 Å². The van der Waals surface area contributed by atoms with Crippen LogP contribution in [0.1, 0.15) is 142 Å². The summed E-state index contributed by atoms with van der Waals surface area (Å²) in [5, 5.41) is 18.5. The van der Waals surface area contributed by atoms with Gasteiger partial charge < -0.3 is 0 Å². The van der Waals surface area contributed by atoms with Gasteiger partial charge in [0.25, 0.3) is 0 Å². The van der Waals surface area contributed by atoms with Crippen LogP contribution in [0.5, 0.6) is 0 Å². The van der Waals surface area contributed by atoms with Gasteiger partial charge in [0, 0.05) is 0 Å². The third kappa shape index (κ3) is 24.9. The first kappa shape index (κ1) is 29.7. The molecule has 0 saturated heterocycles. The average Bonchev–Trinajstić information content (AvgIpc) is 2.70. The number of rotatable bonds is 24. The summed E-state index contributed by atoms with van der Waals surface area (Å²) in [6.07, 6.45) is 27.2. The van der Waals surface area contributed by atoms with Crippen molar-refractivity contribution >= 4 is 27.5 Å². The van der Waals surface area contributed by atoms with Crippen LogP contribution in [0.4, 0.5) is 0 Å². The SMILES string of the molecule is CCCCCCCCCCC[CH2][SnH]([CH2]CCCCCCCCCCC)[O]B(O)O. The first-order chi connectivity index (χ1) is 14.2. The number of hydrogen-bond acceptors (Lipinski definition) is 3. The maximum absolute atomic E-state index is 9.23. The van der Waals surface area contributed by atoms with Crippen molar-refractivity contribution in [1.29, 1.82) is 0 Å². The van der Waals surface area contributed by atoms with E-state index in [2.05, 4.69) is 13.8 Å². The minimum atomic E-state index is -2.20. The zero-order valence-electron chi connectivity index (χ0n) is 20.0. The first-order valence-corrected chi connectivity index (χ1v) is 19.2. The van der Waals surface area contributed by atoms with Gasteiger partial charge >= 0.3 is 192 Å². The third-order valence-corrected chi connectivity index (χ3v) is 13.9. The number of unbranched alkanes of at least 4 members (excludes halogenated alkanes) is 18. The molecule has 2 N–H and O–H groups in total. The molecule has 0 bridgehead atoms. The summed E-state index contributed by atoms with van der Waals surface area (Å²) in [6, 6.07) is 0. The Hall–Kier alpha value is 0.744. The van der Waals surface area contributed by atoms with Crippen molar-refractivity contribution in [2.24, 2.45) is 0 Å². The predicted molar refractivity (Wildman–Crippen MR) is 132 cm³/mol. The van der Waals surface area contributed by atoms with E-state index in [9.17, 15) is 10.0 Å². The molecular formula is C24H53BO3Sn. The Morgan fingerprint density at radius 1 is 0.483 bits per heavy atom. The second-order valence-corrected chi connectivity index (χ2v) is 16.6. The Morgan fingerprint density at radius 2 is 0.759 bits per heavy atom. The molecule has 0 aliphatic rings. The molecule has 0 heterocycles. The van der Waals surface area contributed by atoms with Crippen molar-refractivity contribution in [2.45, 2.75) is 151 Å². The maximum atomic E-state index is 9.23. The van der Waals surface area contributed by atoms with Crippen LogP contribution in [0, 0.1) is 0 Å². The van der Waals surface area contributed by atoms with E-state index in [1.807, 2.05) is 0 Å². The van der Waals surface area contributed by atoms with Gasteiger partial charge in [0.05, 0.1) is 0 Å². The van der Waals surface area contributed by atoms with E-state index in [0.29, 0.717) is 0 Å². The molecule has 0 radical (unpaired) electrons. The van der Waals surface area contributed by atoms with Gasteiger partial charge in [-0.05, 0) is 0 Å². The Morgan fingerprint density at radius 3 is 1.03 bits per heavy atom. The van der Waals surface area contributed by atoms with Crippen molar-refractivity contribution in [3.8, 4) is 0 Å². The molecule has 0 saturated carbocycles. The van der Waals surface area contributed by atoms with Gasteiger partial charge in [0.1, 0.15) is 0 Å². The summed E-state index contributed by atoms with van der Waals surface area (Å²) in [5.74, 6) is 0. The third-order valence-electron chi connectivity index (χ3n) is 6.07. The molecule has 0 aliphatic heterocycles. The molecule has 29 heavy (non-hydrogen) atoms. The molecular weight excluding hydrogens is 466 g/mol. The van der Waals surface area contributed by atoms with Gasteiger partial charge in [0.15, 0.2) is 0 Å². The van der Waals surface area contributed by atoms with E-state index in [-0.39, 0.29) is 0 Å². The van der Waals surface area contributed by atoms with Crippen LogP contribution in [0.25, 0.3) is 0 Å². The summed E-state index contributed by atoms with van der Waals surface area (Å²) in [4.78, 5) is 0. The molecule has 0 unspecified atom stereocenters. The fraction of sp³-hybridized carbons (Fsp3) is 1.00. The molecule has 0 aliphatic carbocycles. The van der Waals surface area contributed by atoms with Crippen LogP contribution >= 0.6 is 0 Å². The molecule has 0 aromatic rings. The van der Waals surface area contributed by atoms with E-state index in [1.165, 1.54) is 137 Å². The molecule has 3 nitrogen and oxygen atoms in total. The molecule has 174 valence electrons. The van der Waals surface area contributed by atoms with E-state index in [4.69, 9.17) is 2.99 Å². The zero-order chi connectivity index (χ0) is 21.4. The van der Waals surface area contributed by atoms with E-state index in [0.717, 1.165) is 0 Å². The molecule has 0 aromatic heterocycles. The molecule has 0 spiro atoms. The fourth-order valence-corrected chi connectivity index (χ4v) is 11.0. The van der Waals surface area contributed by atoms with Crippen molar-refractivity contribution in [3.05, 3.63) is 0 Å². The van der Waals surface area contributed by atoms with Gasteiger partial charge in [-0.1, -0.05) is 0 Å². The van der Waals surface area contributed by atoms with Gasteiger partial charge in [-0.15, -0.1) is 0 Å². The second kappa shape index (κ2) is 25.0. The van der Waals surface area contributed by atoms with Crippen LogP contribution in [0.2, 0.25) is 8.87 Å². The monoisotopic (exact) mass is 520 g/mol. The Balaban J connectivity index is 3.55. The van der Waals surface area contributed by atoms with Gasteiger partial charge in [0.2, 0.25) is 0 Å². The normalized spacial score (nSPS) is 11.5. The van der Waals surface area contributed by atoms with Crippen molar-refractivity contribution < 1.29 is 13.0 Å². The zero-order valence-corrected chi connectivity index (χ0v) is 23.3. The van der Waals surface area contributed by atoms with Crippen LogP contribution < -0.4 is 0 Å². The summed E-state index contributed by atoms with van der Waals surface area (Å²) in [6.45, 7) is 4.54. The quantitative estimate of drug-likeness (QED) is 0.102.